The molecule has 0 saturated carbocycles. The monoisotopic (exact) mass is 269 g/mol. The van der Waals surface area contributed by atoms with Crippen LogP contribution in [0.3, 0.4) is 0 Å². The maximum atomic E-state index is 13.9. The summed E-state index contributed by atoms with van der Waals surface area (Å²) in [6.45, 7) is 0.101. The molecule has 1 heterocycles. The van der Waals surface area contributed by atoms with E-state index < -0.39 is 17.8 Å². The molecule has 2 aromatic rings. The topological polar surface area (TPSA) is 59.4 Å². The second-order valence-corrected chi connectivity index (χ2v) is 4.39. The number of nitrogens with two attached hydrogens (primary N) is 1. The van der Waals surface area contributed by atoms with Crippen LogP contribution in [0.4, 0.5) is 4.39 Å². The minimum Gasteiger partial charge on any atom is -0.472 e. The number of halogens is 2. The Balaban J connectivity index is 2.36. The largest absolute Gasteiger partial charge is 0.472 e. The number of benzene rings is 1. The molecule has 1 aromatic carbocycles. The molecule has 2 rings (SSSR count). The van der Waals surface area contributed by atoms with Crippen molar-refractivity contribution in [1.82, 2.24) is 0 Å². The number of aliphatic hydroxyl groups is 1. The zero-order chi connectivity index (χ0) is 13.1. The summed E-state index contributed by atoms with van der Waals surface area (Å²) in [4.78, 5) is 0. The van der Waals surface area contributed by atoms with Gasteiger partial charge in [0.25, 0.3) is 0 Å². The van der Waals surface area contributed by atoms with Crippen LogP contribution in [-0.4, -0.2) is 11.7 Å². The van der Waals surface area contributed by atoms with Gasteiger partial charge in [0.1, 0.15) is 5.82 Å². The molecule has 0 radical (unpaired) electrons. The second-order valence-electron chi connectivity index (χ2n) is 3.99. The van der Waals surface area contributed by atoms with Gasteiger partial charge < -0.3 is 15.3 Å². The summed E-state index contributed by atoms with van der Waals surface area (Å²) in [6, 6.07) is 6.28. The first-order valence-electron chi connectivity index (χ1n) is 5.49. The van der Waals surface area contributed by atoms with Crippen LogP contribution >= 0.6 is 11.6 Å². The third-order valence-corrected chi connectivity index (χ3v) is 3.19. The molecular weight excluding hydrogens is 257 g/mol. The average Bonchev–Trinajstić information content (AvgIpc) is 2.89. The van der Waals surface area contributed by atoms with Crippen LogP contribution < -0.4 is 5.73 Å². The maximum Gasteiger partial charge on any atom is 0.145 e. The smallest absolute Gasteiger partial charge is 0.145 e. The molecule has 0 aliphatic heterocycles. The van der Waals surface area contributed by atoms with Crippen LogP contribution in [-0.2, 0) is 0 Å². The number of aliphatic hydroxyl groups excluding tert-OH is 1. The Morgan fingerprint density at radius 2 is 2.17 bits per heavy atom. The van der Waals surface area contributed by atoms with Gasteiger partial charge in [-0.25, -0.2) is 4.39 Å². The van der Waals surface area contributed by atoms with Crippen LogP contribution in [0.25, 0.3) is 0 Å². The van der Waals surface area contributed by atoms with E-state index in [2.05, 4.69) is 0 Å². The summed E-state index contributed by atoms with van der Waals surface area (Å²) in [5.41, 5.74) is 6.49. The SMILES string of the molecule is NCC(c1cccc(Cl)c1F)C(O)c1ccoc1. The van der Waals surface area contributed by atoms with Gasteiger partial charge in [0, 0.05) is 18.0 Å². The van der Waals surface area contributed by atoms with Gasteiger partial charge in [-0.2, -0.15) is 0 Å². The minimum absolute atomic E-state index is 0.0188. The van der Waals surface area contributed by atoms with Crippen molar-refractivity contribution in [2.75, 3.05) is 6.54 Å². The predicted octanol–water partition coefficient (Wildman–Crippen LogP) is 2.85. The number of hydrogen-bond acceptors (Lipinski definition) is 3. The van der Waals surface area contributed by atoms with Crippen LogP contribution in [0.15, 0.2) is 41.2 Å². The van der Waals surface area contributed by atoms with Crippen molar-refractivity contribution in [2.45, 2.75) is 12.0 Å². The Hall–Kier alpha value is -1.36. The molecule has 3 N–H and O–H groups in total. The number of hydrogen-bond donors (Lipinski definition) is 2. The highest BCUT2D eigenvalue weighted by Crippen LogP contribution is 2.33. The van der Waals surface area contributed by atoms with Crippen molar-refractivity contribution in [3.8, 4) is 0 Å². The fraction of sp³-hybridized carbons (Fsp3) is 0.231. The molecule has 0 saturated heterocycles. The van der Waals surface area contributed by atoms with Crippen molar-refractivity contribution in [3.05, 3.63) is 58.8 Å². The van der Waals surface area contributed by atoms with E-state index in [4.69, 9.17) is 21.8 Å². The van der Waals surface area contributed by atoms with E-state index >= 15 is 0 Å². The number of rotatable bonds is 4. The zero-order valence-electron chi connectivity index (χ0n) is 9.51. The summed E-state index contributed by atoms with van der Waals surface area (Å²) in [5, 5.41) is 10.2. The normalized spacial score (nSPS) is 14.4. The fourth-order valence-corrected chi connectivity index (χ4v) is 2.09. The van der Waals surface area contributed by atoms with E-state index in [0.717, 1.165) is 0 Å². The van der Waals surface area contributed by atoms with E-state index in [1.807, 2.05) is 0 Å². The van der Waals surface area contributed by atoms with Gasteiger partial charge in [-0.05, 0) is 17.7 Å². The van der Waals surface area contributed by atoms with E-state index in [9.17, 15) is 9.50 Å². The lowest BCUT2D eigenvalue weighted by Gasteiger charge is -2.21. The summed E-state index contributed by atoms with van der Waals surface area (Å²) >= 11 is 5.73. The number of furan rings is 1. The molecule has 0 spiro atoms. The second kappa shape index (κ2) is 5.52. The van der Waals surface area contributed by atoms with E-state index in [1.165, 1.54) is 18.6 Å². The Bertz CT molecular complexity index is 516. The quantitative estimate of drug-likeness (QED) is 0.897. The fourth-order valence-electron chi connectivity index (χ4n) is 1.91. The van der Waals surface area contributed by atoms with Gasteiger partial charge >= 0.3 is 0 Å². The van der Waals surface area contributed by atoms with Crippen molar-refractivity contribution in [3.63, 3.8) is 0 Å². The highest BCUT2D eigenvalue weighted by Gasteiger charge is 2.25. The van der Waals surface area contributed by atoms with Crippen LogP contribution in [0.5, 0.6) is 0 Å². The third-order valence-electron chi connectivity index (χ3n) is 2.90. The molecule has 5 heteroatoms. The van der Waals surface area contributed by atoms with Crippen LogP contribution in [0.2, 0.25) is 5.02 Å². The Morgan fingerprint density at radius 3 is 2.78 bits per heavy atom. The standard InChI is InChI=1S/C13H13ClFNO2/c14-11-3-1-2-9(12(11)15)10(6-16)13(17)8-4-5-18-7-8/h1-5,7,10,13,17H,6,16H2. The lowest BCUT2D eigenvalue weighted by Crippen LogP contribution is -2.21. The van der Waals surface area contributed by atoms with Crippen molar-refractivity contribution < 1.29 is 13.9 Å². The highest BCUT2D eigenvalue weighted by atomic mass is 35.5. The Kier molecular flexibility index (Phi) is 4.01. The third kappa shape index (κ3) is 2.41. The molecule has 18 heavy (non-hydrogen) atoms. The molecule has 2 unspecified atom stereocenters. The van der Waals surface area contributed by atoms with Gasteiger partial charge in [0.15, 0.2) is 0 Å². The van der Waals surface area contributed by atoms with Gasteiger partial charge in [-0.1, -0.05) is 23.7 Å². The summed E-state index contributed by atoms with van der Waals surface area (Å²) in [6.07, 6.45) is 1.93. The summed E-state index contributed by atoms with van der Waals surface area (Å²) < 4.78 is 18.8. The minimum atomic E-state index is -0.929. The summed E-state index contributed by atoms with van der Waals surface area (Å²) in [7, 11) is 0. The lowest BCUT2D eigenvalue weighted by atomic mass is 9.90. The molecule has 0 bridgehead atoms. The Labute approximate surface area is 109 Å². The van der Waals surface area contributed by atoms with Crippen molar-refractivity contribution >= 4 is 11.6 Å². The van der Waals surface area contributed by atoms with Gasteiger partial charge in [0.05, 0.1) is 23.7 Å². The van der Waals surface area contributed by atoms with Crippen molar-refractivity contribution in [2.24, 2.45) is 5.73 Å². The molecule has 0 amide bonds. The van der Waals surface area contributed by atoms with E-state index in [1.54, 1.807) is 18.2 Å². The molecule has 2 atom stereocenters. The van der Waals surface area contributed by atoms with Crippen LogP contribution in [0, 0.1) is 5.82 Å². The predicted molar refractivity (Wildman–Crippen MR) is 66.9 cm³/mol. The van der Waals surface area contributed by atoms with E-state index in [0.29, 0.717) is 11.1 Å². The summed E-state index contributed by atoms with van der Waals surface area (Å²) in [5.74, 6) is -1.11. The Morgan fingerprint density at radius 1 is 1.39 bits per heavy atom. The molecule has 0 aliphatic carbocycles. The van der Waals surface area contributed by atoms with Gasteiger partial charge in [-0.3, -0.25) is 0 Å². The van der Waals surface area contributed by atoms with Crippen molar-refractivity contribution in [1.29, 1.82) is 0 Å². The van der Waals surface area contributed by atoms with Gasteiger partial charge in [0.2, 0.25) is 0 Å². The maximum absolute atomic E-state index is 13.9. The molecule has 0 fully saturated rings. The molecule has 0 aliphatic rings. The zero-order valence-corrected chi connectivity index (χ0v) is 10.3. The highest BCUT2D eigenvalue weighted by molar-refractivity contribution is 6.30. The first kappa shape index (κ1) is 13.1. The molecular formula is C13H13ClFNO2. The first-order valence-corrected chi connectivity index (χ1v) is 5.87. The molecule has 3 nitrogen and oxygen atoms in total. The molecule has 1 aromatic heterocycles. The van der Waals surface area contributed by atoms with E-state index in [-0.39, 0.29) is 11.6 Å². The van der Waals surface area contributed by atoms with Gasteiger partial charge in [-0.15, -0.1) is 0 Å². The lowest BCUT2D eigenvalue weighted by molar-refractivity contribution is 0.145. The van der Waals surface area contributed by atoms with Crippen LogP contribution in [0.1, 0.15) is 23.1 Å². The first-order chi connectivity index (χ1) is 8.65. The average molecular weight is 270 g/mol. The molecule has 96 valence electrons.